The van der Waals surface area contributed by atoms with E-state index in [-0.39, 0.29) is 17.9 Å². The molecular weight excluding hydrogens is 278 g/mol. The van der Waals surface area contributed by atoms with Gasteiger partial charge in [-0.1, -0.05) is 11.6 Å². The summed E-state index contributed by atoms with van der Waals surface area (Å²) in [5, 5.41) is 16.0. The van der Waals surface area contributed by atoms with Crippen LogP contribution in [0.5, 0.6) is 0 Å². The average molecular weight is 303 g/mol. The van der Waals surface area contributed by atoms with Gasteiger partial charge in [-0.05, 0) is 31.9 Å². The van der Waals surface area contributed by atoms with Gasteiger partial charge < -0.3 is 20.6 Å². The molecule has 0 bridgehead atoms. The molecule has 0 aliphatic carbocycles. The number of nitrogens with zero attached hydrogens (tertiary/aromatic N) is 1. The summed E-state index contributed by atoms with van der Waals surface area (Å²) in [5.41, 5.74) is 2.88. The summed E-state index contributed by atoms with van der Waals surface area (Å²) in [4.78, 5) is 14.9. The van der Waals surface area contributed by atoms with E-state index in [2.05, 4.69) is 27.7 Å². The number of aliphatic hydroxyl groups is 1. The Kier molecular flexibility index (Phi) is 4.64. The molecule has 2 aliphatic heterocycles. The Labute approximate surface area is 131 Å². The molecule has 5 nitrogen and oxygen atoms in total. The van der Waals surface area contributed by atoms with Gasteiger partial charge in [0.2, 0.25) is 0 Å². The maximum atomic E-state index is 12.6. The van der Waals surface area contributed by atoms with Crippen LogP contribution < -0.4 is 15.5 Å². The Balaban J connectivity index is 1.71. The van der Waals surface area contributed by atoms with Crippen molar-refractivity contribution in [3.05, 3.63) is 29.3 Å². The molecule has 1 aromatic rings. The van der Waals surface area contributed by atoms with Gasteiger partial charge in [-0.3, -0.25) is 4.79 Å². The number of aliphatic hydroxyl groups excluding tert-OH is 1. The van der Waals surface area contributed by atoms with Crippen LogP contribution in [0.4, 0.5) is 5.69 Å². The quantitative estimate of drug-likeness (QED) is 0.773. The Morgan fingerprint density at radius 2 is 2.14 bits per heavy atom. The minimum absolute atomic E-state index is 0.0373. The lowest BCUT2D eigenvalue weighted by atomic mass is 10.0. The molecule has 2 saturated heterocycles. The normalized spacial score (nSPS) is 24.7. The van der Waals surface area contributed by atoms with E-state index in [0.29, 0.717) is 13.1 Å². The van der Waals surface area contributed by atoms with Gasteiger partial charge >= 0.3 is 0 Å². The largest absolute Gasteiger partial charge is 0.391 e. The van der Waals surface area contributed by atoms with Gasteiger partial charge in [0.15, 0.2) is 0 Å². The Hall–Kier alpha value is -1.59. The van der Waals surface area contributed by atoms with Crippen LogP contribution in [0.2, 0.25) is 0 Å². The standard InChI is InChI=1S/C17H25N3O2/c1-12-4-5-15(20-6-2-3-7-20)14(8-12)17(22)19-10-13-9-18-11-16(13)21/h4-5,8,13,16,18,21H,2-3,6-7,9-11H2,1H3,(H,19,22). The van der Waals surface area contributed by atoms with Crippen LogP contribution in [0.25, 0.3) is 0 Å². The van der Waals surface area contributed by atoms with Crippen LogP contribution in [0, 0.1) is 12.8 Å². The smallest absolute Gasteiger partial charge is 0.253 e. The second-order valence-electron chi connectivity index (χ2n) is 6.41. The van der Waals surface area contributed by atoms with Crippen molar-refractivity contribution in [3.8, 4) is 0 Å². The van der Waals surface area contributed by atoms with Gasteiger partial charge in [-0.2, -0.15) is 0 Å². The van der Waals surface area contributed by atoms with E-state index in [1.165, 1.54) is 12.8 Å². The zero-order valence-corrected chi connectivity index (χ0v) is 13.1. The van der Waals surface area contributed by atoms with Crippen molar-refractivity contribution < 1.29 is 9.90 Å². The summed E-state index contributed by atoms with van der Waals surface area (Å²) in [6, 6.07) is 6.09. The molecular formula is C17H25N3O2. The molecule has 0 saturated carbocycles. The number of aryl methyl sites for hydroxylation is 1. The van der Waals surface area contributed by atoms with Gasteiger partial charge in [0, 0.05) is 44.3 Å². The Morgan fingerprint density at radius 1 is 1.36 bits per heavy atom. The number of nitrogens with one attached hydrogen (secondary N) is 2. The van der Waals surface area contributed by atoms with Crippen LogP contribution in [0.15, 0.2) is 18.2 Å². The topological polar surface area (TPSA) is 64.6 Å². The fourth-order valence-corrected chi connectivity index (χ4v) is 3.31. The molecule has 1 aromatic carbocycles. The summed E-state index contributed by atoms with van der Waals surface area (Å²) >= 11 is 0. The highest BCUT2D eigenvalue weighted by Gasteiger charge is 2.26. The lowest BCUT2D eigenvalue weighted by molar-refractivity contribution is 0.0927. The number of carbonyl (C=O) groups excluding carboxylic acids is 1. The summed E-state index contributed by atoms with van der Waals surface area (Å²) in [7, 11) is 0. The Bertz CT molecular complexity index is 541. The molecule has 3 rings (SSSR count). The Morgan fingerprint density at radius 3 is 2.82 bits per heavy atom. The first kappa shape index (κ1) is 15.3. The van der Waals surface area contributed by atoms with Crippen LogP contribution >= 0.6 is 0 Å². The van der Waals surface area contributed by atoms with Crippen molar-refractivity contribution in [2.45, 2.75) is 25.9 Å². The van der Waals surface area contributed by atoms with Crippen molar-refractivity contribution >= 4 is 11.6 Å². The molecule has 120 valence electrons. The zero-order chi connectivity index (χ0) is 15.5. The van der Waals surface area contributed by atoms with Gasteiger partial charge in [0.25, 0.3) is 5.91 Å². The molecule has 5 heteroatoms. The fourth-order valence-electron chi connectivity index (χ4n) is 3.31. The number of carbonyl (C=O) groups is 1. The molecule has 0 radical (unpaired) electrons. The number of rotatable bonds is 4. The molecule has 0 aromatic heterocycles. The summed E-state index contributed by atoms with van der Waals surface area (Å²) < 4.78 is 0. The summed E-state index contributed by atoms with van der Waals surface area (Å²) in [6.07, 6.45) is 2.01. The lowest BCUT2D eigenvalue weighted by Crippen LogP contribution is -2.35. The average Bonchev–Trinajstić information content (AvgIpc) is 3.16. The summed E-state index contributed by atoms with van der Waals surface area (Å²) in [6.45, 7) is 5.94. The predicted octanol–water partition coefficient (Wildman–Crippen LogP) is 0.905. The predicted molar refractivity (Wildman–Crippen MR) is 87.3 cm³/mol. The van der Waals surface area contributed by atoms with E-state index >= 15 is 0 Å². The van der Waals surface area contributed by atoms with Gasteiger partial charge in [0.1, 0.15) is 0 Å². The number of β-amino-alcohol motifs (C(OH)–C–C–N with tert-alkyl or cyclic N) is 1. The van der Waals surface area contributed by atoms with Crippen molar-refractivity contribution in [2.75, 3.05) is 37.6 Å². The van der Waals surface area contributed by atoms with Crippen molar-refractivity contribution in [2.24, 2.45) is 5.92 Å². The van der Waals surface area contributed by atoms with Crippen molar-refractivity contribution in [1.82, 2.24) is 10.6 Å². The number of benzene rings is 1. The SMILES string of the molecule is Cc1ccc(N2CCCC2)c(C(=O)NCC2CNCC2O)c1. The highest BCUT2D eigenvalue weighted by Crippen LogP contribution is 2.25. The third kappa shape index (κ3) is 3.25. The molecule has 2 unspecified atom stereocenters. The lowest BCUT2D eigenvalue weighted by Gasteiger charge is -2.22. The minimum atomic E-state index is -0.365. The summed E-state index contributed by atoms with van der Waals surface area (Å²) in [5.74, 6) is 0.0636. The molecule has 3 N–H and O–H groups in total. The third-order valence-electron chi connectivity index (χ3n) is 4.67. The van der Waals surface area contributed by atoms with Crippen LogP contribution in [-0.2, 0) is 0 Å². The molecule has 2 heterocycles. The number of hydrogen-bond donors (Lipinski definition) is 3. The number of anilines is 1. The first-order chi connectivity index (χ1) is 10.6. The van der Waals surface area contributed by atoms with Gasteiger partial charge in [-0.25, -0.2) is 0 Å². The maximum Gasteiger partial charge on any atom is 0.253 e. The van der Waals surface area contributed by atoms with Gasteiger partial charge in [0.05, 0.1) is 11.7 Å². The second-order valence-corrected chi connectivity index (χ2v) is 6.41. The molecule has 2 aliphatic rings. The first-order valence-electron chi connectivity index (χ1n) is 8.18. The second kappa shape index (κ2) is 6.67. The highest BCUT2D eigenvalue weighted by molar-refractivity contribution is 6.00. The van der Waals surface area contributed by atoms with Crippen LogP contribution in [0.1, 0.15) is 28.8 Å². The molecule has 0 spiro atoms. The fraction of sp³-hybridized carbons (Fsp3) is 0.588. The maximum absolute atomic E-state index is 12.6. The van der Waals surface area contributed by atoms with E-state index in [1.54, 1.807) is 0 Å². The van der Waals surface area contributed by atoms with Crippen LogP contribution in [0.3, 0.4) is 0 Å². The number of hydrogen-bond acceptors (Lipinski definition) is 4. The zero-order valence-electron chi connectivity index (χ0n) is 13.1. The van der Waals surface area contributed by atoms with E-state index in [9.17, 15) is 9.90 Å². The van der Waals surface area contributed by atoms with E-state index < -0.39 is 0 Å². The van der Waals surface area contributed by atoms with Crippen LogP contribution in [-0.4, -0.2) is 49.8 Å². The van der Waals surface area contributed by atoms with Crippen molar-refractivity contribution in [1.29, 1.82) is 0 Å². The van der Waals surface area contributed by atoms with E-state index in [0.717, 1.165) is 36.4 Å². The molecule has 2 atom stereocenters. The molecule has 22 heavy (non-hydrogen) atoms. The van der Waals surface area contributed by atoms with Crippen molar-refractivity contribution in [3.63, 3.8) is 0 Å². The van der Waals surface area contributed by atoms with E-state index in [4.69, 9.17) is 0 Å². The first-order valence-corrected chi connectivity index (χ1v) is 8.18. The third-order valence-corrected chi connectivity index (χ3v) is 4.67. The monoisotopic (exact) mass is 303 g/mol. The highest BCUT2D eigenvalue weighted by atomic mass is 16.3. The molecule has 2 fully saturated rings. The minimum Gasteiger partial charge on any atom is -0.391 e. The molecule has 1 amide bonds. The van der Waals surface area contributed by atoms with E-state index in [1.807, 2.05) is 13.0 Å². The van der Waals surface area contributed by atoms with Gasteiger partial charge in [-0.15, -0.1) is 0 Å². The number of amides is 1.